The predicted octanol–water partition coefficient (Wildman–Crippen LogP) is 3.20. The van der Waals surface area contributed by atoms with Crippen molar-refractivity contribution in [3.63, 3.8) is 0 Å². The lowest BCUT2D eigenvalue weighted by atomic mass is 9.70. The molecule has 0 N–H and O–H groups in total. The average Bonchev–Trinajstić information content (AvgIpc) is 3.08. The summed E-state index contributed by atoms with van der Waals surface area (Å²) in [5.74, 6) is -0.0538. The molecule has 138 valence electrons. The molecule has 5 nitrogen and oxygen atoms in total. The number of benzene rings is 1. The molecule has 0 amide bonds. The van der Waals surface area contributed by atoms with Gasteiger partial charge >= 0.3 is 5.97 Å². The number of hydrogen-bond donors (Lipinski definition) is 0. The van der Waals surface area contributed by atoms with Crippen LogP contribution in [0, 0.1) is 5.41 Å². The second-order valence-corrected chi connectivity index (χ2v) is 8.44. The van der Waals surface area contributed by atoms with Gasteiger partial charge in [0.05, 0.1) is 24.9 Å². The van der Waals surface area contributed by atoms with Gasteiger partial charge in [0.25, 0.3) is 5.56 Å². The zero-order valence-electron chi connectivity index (χ0n) is 16.1. The number of carbonyl (C=O) groups excluding carboxylic acids is 1. The van der Waals surface area contributed by atoms with Gasteiger partial charge < -0.3 is 4.74 Å². The van der Waals surface area contributed by atoms with Gasteiger partial charge in [-0.2, -0.15) is 0 Å². The van der Waals surface area contributed by atoms with Crippen LogP contribution >= 0.6 is 0 Å². The SMILES string of the molecule is COC(=O)c1ccccc1Cn1c(=O)c2c(n1C)[C@]1(C)CC[C@H]2C1(C)C. The van der Waals surface area contributed by atoms with Crippen molar-refractivity contribution in [3.8, 4) is 0 Å². The maximum Gasteiger partial charge on any atom is 0.338 e. The molecule has 1 saturated carbocycles. The Morgan fingerprint density at radius 1 is 1.27 bits per heavy atom. The third-order valence-electron chi connectivity index (χ3n) is 7.25. The molecule has 0 unspecified atom stereocenters. The molecule has 2 aromatic rings. The molecule has 1 fully saturated rings. The molecule has 1 heterocycles. The zero-order chi connectivity index (χ0) is 18.9. The first-order chi connectivity index (χ1) is 12.2. The van der Waals surface area contributed by atoms with E-state index in [1.165, 1.54) is 12.8 Å². The first-order valence-corrected chi connectivity index (χ1v) is 9.20. The van der Waals surface area contributed by atoms with Gasteiger partial charge in [0.15, 0.2) is 0 Å². The Morgan fingerprint density at radius 2 is 1.96 bits per heavy atom. The van der Waals surface area contributed by atoms with E-state index in [-0.39, 0.29) is 22.4 Å². The summed E-state index contributed by atoms with van der Waals surface area (Å²) < 4.78 is 8.70. The lowest BCUT2D eigenvalue weighted by Gasteiger charge is -2.36. The minimum Gasteiger partial charge on any atom is -0.465 e. The van der Waals surface area contributed by atoms with Crippen molar-refractivity contribution >= 4 is 5.97 Å². The van der Waals surface area contributed by atoms with Crippen molar-refractivity contribution in [1.29, 1.82) is 0 Å². The summed E-state index contributed by atoms with van der Waals surface area (Å²) in [6, 6.07) is 7.33. The summed E-state index contributed by atoms with van der Waals surface area (Å²) in [6.07, 6.45) is 2.20. The minimum atomic E-state index is -0.372. The van der Waals surface area contributed by atoms with Crippen LogP contribution in [0.5, 0.6) is 0 Å². The fourth-order valence-corrected chi connectivity index (χ4v) is 5.38. The van der Waals surface area contributed by atoms with Gasteiger partial charge in [-0.25, -0.2) is 9.48 Å². The van der Waals surface area contributed by atoms with Crippen molar-refractivity contribution in [3.05, 3.63) is 57.0 Å². The summed E-state index contributed by atoms with van der Waals surface area (Å²) in [5, 5.41) is 0. The second kappa shape index (κ2) is 5.35. The summed E-state index contributed by atoms with van der Waals surface area (Å²) in [4.78, 5) is 25.4. The Balaban J connectivity index is 1.83. The van der Waals surface area contributed by atoms with Crippen molar-refractivity contribution in [2.45, 2.75) is 51.5 Å². The molecular weight excluding hydrogens is 328 g/mol. The summed E-state index contributed by atoms with van der Waals surface area (Å²) in [7, 11) is 3.35. The topological polar surface area (TPSA) is 53.2 Å². The minimum absolute atomic E-state index is 0.0219. The number of rotatable bonds is 3. The molecule has 0 spiro atoms. The molecule has 5 heteroatoms. The van der Waals surface area contributed by atoms with Crippen LogP contribution in [0.4, 0.5) is 0 Å². The van der Waals surface area contributed by atoms with Crippen molar-refractivity contribution in [2.24, 2.45) is 12.5 Å². The number of aromatic nitrogens is 2. The Kier molecular flexibility index (Phi) is 3.52. The maximum absolute atomic E-state index is 13.3. The highest BCUT2D eigenvalue weighted by Crippen LogP contribution is 2.66. The van der Waals surface area contributed by atoms with Crippen LogP contribution in [0.2, 0.25) is 0 Å². The number of methoxy groups -OCH3 is 1. The van der Waals surface area contributed by atoms with Gasteiger partial charge in [-0.15, -0.1) is 0 Å². The van der Waals surface area contributed by atoms with Gasteiger partial charge in [0.1, 0.15) is 0 Å². The highest BCUT2D eigenvalue weighted by atomic mass is 16.5. The summed E-state index contributed by atoms with van der Waals surface area (Å²) in [6.45, 7) is 7.25. The average molecular weight is 354 g/mol. The second-order valence-electron chi connectivity index (χ2n) is 8.44. The normalized spacial score (nSPS) is 25.3. The van der Waals surface area contributed by atoms with Gasteiger partial charge in [0.2, 0.25) is 0 Å². The molecule has 2 bridgehead atoms. The third-order valence-corrected chi connectivity index (χ3v) is 7.25. The van der Waals surface area contributed by atoms with E-state index >= 15 is 0 Å². The Bertz CT molecular complexity index is 966. The monoisotopic (exact) mass is 354 g/mol. The number of nitrogens with zero attached hydrogens (tertiary/aromatic N) is 2. The van der Waals surface area contributed by atoms with Crippen LogP contribution in [-0.2, 0) is 23.7 Å². The molecule has 2 aliphatic rings. The van der Waals surface area contributed by atoms with Crippen LogP contribution < -0.4 is 5.56 Å². The van der Waals surface area contributed by atoms with E-state index < -0.39 is 0 Å². The van der Waals surface area contributed by atoms with Crippen molar-refractivity contribution < 1.29 is 9.53 Å². The van der Waals surface area contributed by atoms with Crippen LogP contribution in [0.15, 0.2) is 29.1 Å². The Hall–Kier alpha value is -2.30. The first kappa shape index (κ1) is 17.1. The molecule has 1 aromatic carbocycles. The lowest BCUT2D eigenvalue weighted by molar-refractivity contribution is 0.0599. The molecular formula is C21H26N2O3. The van der Waals surface area contributed by atoms with E-state index in [0.717, 1.165) is 24.0 Å². The van der Waals surface area contributed by atoms with Gasteiger partial charge in [-0.3, -0.25) is 9.48 Å². The maximum atomic E-state index is 13.3. The van der Waals surface area contributed by atoms with Crippen molar-refractivity contribution in [1.82, 2.24) is 9.36 Å². The van der Waals surface area contributed by atoms with E-state index in [1.807, 2.05) is 29.9 Å². The lowest BCUT2D eigenvalue weighted by Crippen LogP contribution is -2.35. The summed E-state index contributed by atoms with van der Waals surface area (Å²) >= 11 is 0. The number of fused-ring (bicyclic) bond motifs is 5. The largest absolute Gasteiger partial charge is 0.465 e. The highest BCUT2D eigenvalue weighted by Gasteiger charge is 2.62. The van der Waals surface area contributed by atoms with Crippen LogP contribution in [-0.4, -0.2) is 22.4 Å². The number of hydrogen-bond acceptors (Lipinski definition) is 3. The third kappa shape index (κ3) is 1.91. The van der Waals surface area contributed by atoms with E-state index in [4.69, 9.17) is 4.74 Å². The van der Waals surface area contributed by atoms with Crippen LogP contribution in [0.3, 0.4) is 0 Å². The standard InChI is InChI=1S/C21H26N2O3/c1-20(2)15-10-11-21(20,3)17-16(15)18(24)23(22(17)4)12-13-8-6-7-9-14(13)19(25)26-5/h6-9,15H,10-12H2,1-5H3/t15-,21+/m1/s1. The predicted molar refractivity (Wildman–Crippen MR) is 99.7 cm³/mol. The smallest absolute Gasteiger partial charge is 0.338 e. The van der Waals surface area contributed by atoms with Gasteiger partial charge in [-0.05, 0) is 35.8 Å². The van der Waals surface area contributed by atoms with Crippen molar-refractivity contribution in [2.75, 3.05) is 7.11 Å². The van der Waals surface area contributed by atoms with Crippen LogP contribution in [0.25, 0.3) is 0 Å². The van der Waals surface area contributed by atoms with E-state index in [0.29, 0.717) is 18.0 Å². The summed E-state index contributed by atoms with van der Waals surface area (Å²) in [5.41, 5.74) is 3.70. The number of carbonyl (C=O) groups is 1. The van der Waals surface area contributed by atoms with E-state index in [2.05, 4.69) is 20.8 Å². The zero-order valence-corrected chi connectivity index (χ0v) is 16.1. The van der Waals surface area contributed by atoms with E-state index in [1.54, 1.807) is 10.7 Å². The van der Waals surface area contributed by atoms with E-state index in [9.17, 15) is 9.59 Å². The fraction of sp³-hybridized carbons (Fsp3) is 0.524. The van der Waals surface area contributed by atoms with Crippen LogP contribution in [0.1, 0.15) is 66.7 Å². The first-order valence-electron chi connectivity index (χ1n) is 9.20. The molecule has 0 aliphatic heterocycles. The number of esters is 1. The fourth-order valence-electron chi connectivity index (χ4n) is 5.38. The molecule has 0 radical (unpaired) electrons. The van der Waals surface area contributed by atoms with Gasteiger partial charge in [0, 0.05) is 18.0 Å². The molecule has 1 aromatic heterocycles. The highest BCUT2D eigenvalue weighted by molar-refractivity contribution is 5.90. The van der Waals surface area contributed by atoms with Gasteiger partial charge in [-0.1, -0.05) is 39.0 Å². The molecule has 26 heavy (non-hydrogen) atoms. The number of ether oxygens (including phenoxy) is 1. The molecule has 0 saturated heterocycles. The Morgan fingerprint density at radius 3 is 2.62 bits per heavy atom. The molecule has 2 aliphatic carbocycles. The quantitative estimate of drug-likeness (QED) is 0.796. The molecule has 4 rings (SSSR count). The Labute approximate surface area is 153 Å². The molecule has 2 atom stereocenters.